The molecular formula is C23H30FN5S. The van der Waals surface area contributed by atoms with Gasteiger partial charge < -0.3 is 15.5 Å². The molecule has 1 aliphatic heterocycles. The second kappa shape index (κ2) is 9.25. The third-order valence-electron chi connectivity index (χ3n) is 6.35. The van der Waals surface area contributed by atoms with Gasteiger partial charge in [-0.05, 0) is 68.9 Å². The highest BCUT2D eigenvalue weighted by molar-refractivity contribution is 7.80. The third-order valence-corrected chi connectivity index (χ3v) is 6.60. The standard InChI is InChI=1S/C23H30FN5S/c1-17-15-20(29-13-5-2-6-14-29)27-21(26-17)28-22(30)25-16-23(11-3-4-12-23)18-7-9-19(24)10-8-18/h7-10,15H,2-6,11-14,16H2,1H3,(H2,25,26,27,28,30). The van der Waals surface area contributed by atoms with E-state index in [1.54, 1.807) is 12.1 Å². The Morgan fingerprint density at radius 3 is 2.47 bits per heavy atom. The van der Waals surface area contributed by atoms with Crippen LogP contribution in [0, 0.1) is 12.7 Å². The molecule has 0 radical (unpaired) electrons. The zero-order valence-corrected chi connectivity index (χ0v) is 18.4. The van der Waals surface area contributed by atoms with Crippen molar-refractivity contribution in [3.05, 3.63) is 47.4 Å². The van der Waals surface area contributed by atoms with E-state index in [1.807, 2.05) is 25.1 Å². The van der Waals surface area contributed by atoms with Crippen LogP contribution in [-0.2, 0) is 5.41 Å². The van der Waals surface area contributed by atoms with Crippen molar-refractivity contribution in [2.45, 2.75) is 57.3 Å². The zero-order valence-electron chi connectivity index (χ0n) is 17.6. The zero-order chi connectivity index (χ0) is 21.0. The number of nitrogens with one attached hydrogen (secondary N) is 2. The van der Waals surface area contributed by atoms with E-state index in [0.29, 0.717) is 11.1 Å². The number of thiocarbonyl (C=S) groups is 1. The molecule has 2 aliphatic rings. The molecular weight excluding hydrogens is 397 g/mol. The van der Waals surface area contributed by atoms with Crippen LogP contribution < -0.4 is 15.5 Å². The Labute approximate surface area is 183 Å². The van der Waals surface area contributed by atoms with Gasteiger partial charge >= 0.3 is 0 Å². The van der Waals surface area contributed by atoms with E-state index in [9.17, 15) is 4.39 Å². The second-order valence-electron chi connectivity index (χ2n) is 8.54. The van der Waals surface area contributed by atoms with Gasteiger partial charge in [-0.25, -0.2) is 9.37 Å². The van der Waals surface area contributed by atoms with Crippen LogP contribution in [0.4, 0.5) is 16.2 Å². The fraction of sp³-hybridized carbons (Fsp3) is 0.522. The first-order valence-corrected chi connectivity index (χ1v) is 11.4. The van der Waals surface area contributed by atoms with Crippen molar-refractivity contribution in [1.82, 2.24) is 15.3 Å². The summed E-state index contributed by atoms with van der Waals surface area (Å²) in [5, 5.41) is 7.08. The van der Waals surface area contributed by atoms with Crippen molar-refractivity contribution in [2.75, 3.05) is 29.9 Å². The topological polar surface area (TPSA) is 53.1 Å². The summed E-state index contributed by atoms with van der Waals surface area (Å²) >= 11 is 5.56. The second-order valence-corrected chi connectivity index (χ2v) is 8.95. The summed E-state index contributed by atoms with van der Waals surface area (Å²) in [5.74, 6) is 1.31. The van der Waals surface area contributed by atoms with E-state index >= 15 is 0 Å². The number of anilines is 2. The lowest BCUT2D eigenvalue weighted by atomic mass is 9.79. The Kier molecular flexibility index (Phi) is 6.46. The fourth-order valence-corrected chi connectivity index (χ4v) is 4.87. The van der Waals surface area contributed by atoms with Gasteiger partial charge in [0.1, 0.15) is 11.6 Å². The largest absolute Gasteiger partial charge is 0.361 e. The van der Waals surface area contributed by atoms with E-state index in [2.05, 4.69) is 20.5 Å². The van der Waals surface area contributed by atoms with Crippen molar-refractivity contribution in [3.63, 3.8) is 0 Å². The minimum Gasteiger partial charge on any atom is -0.361 e. The Hall–Kier alpha value is -2.28. The molecule has 160 valence electrons. The molecule has 1 aromatic carbocycles. The van der Waals surface area contributed by atoms with Crippen molar-refractivity contribution in [1.29, 1.82) is 0 Å². The van der Waals surface area contributed by atoms with Crippen LogP contribution in [0.3, 0.4) is 0 Å². The Morgan fingerprint density at radius 2 is 1.77 bits per heavy atom. The number of rotatable bonds is 5. The molecule has 2 fully saturated rings. The number of piperidine rings is 1. The van der Waals surface area contributed by atoms with E-state index in [-0.39, 0.29) is 11.2 Å². The van der Waals surface area contributed by atoms with Crippen molar-refractivity contribution >= 4 is 29.1 Å². The maximum atomic E-state index is 13.4. The Bertz CT molecular complexity index is 874. The van der Waals surface area contributed by atoms with Crippen molar-refractivity contribution in [2.24, 2.45) is 0 Å². The number of benzene rings is 1. The van der Waals surface area contributed by atoms with Gasteiger partial charge in [0.15, 0.2) is 5.11 Å². The van der Waals surface area contributed by atoms with Gasteiger partial charge in [0.25, 0.3) is 0 Å². The summed E-state index contributed by atoms with van der Waals surface area (Å²) in [6, 6.07) is 8.96. The quantitative estimate of drug-likeness (QED) is 0.674. The number of hydrogen-bond acceptors (Lipinski definition) is 4. The summed E-state index contributed by atoms with van der Waals surface area (Å²) in [6.45, 7) is 4.78. The molecule has 1 saturated heterocycles. The molecule has 0 spiro atoms. The van der Waals surface area contributed by atoms with Gasteiger partial charge in [-0.1, -0.05) is 25.0 Å². The fourth-order valence-electron chi connectivity index (χ4n) is 4.71. The summed E-state index contributed by atoms with van der Waals surface area (Å²) in [4.78, 5) is 11.5. The van der Waals surface area contributed by atoms with Gasteiger partial charge in [0.05, 0.1) is 0 Å². The minimum atomic E-state index is -0.196. The molecule has 1 saturated carbocycles. The smallest absolute Gasteiger partial charge is 0.231 e. The molecule has 5 nitrogen and oxygen atoms in total. The van der Waals surface area contributed by atoms with Crippen LogP contribution in [0.5, 0.6) is 0 Å². The molecule has 0 amide bonds. The average molecular weight is 428 g/mol. The van der Waals surface area contributed by atoms with Gasteiger partial charge in [-0.15, -0.1) is 0 Å². The first-order valence-electron chi connectivity index (χ1n) is 11.0. The van der Waals surface area contributed by atoms with Crippen LogP contribution in [0.25, 0.3) is 0 Å². The normalized spacial score (nSPS) is 18.3. The van der Waals surface area contributed by atoms with E-state index < -0.39 is 0 Å². The lowest BCUT2D eigenvalue weighted by Crippen LogP contribution is -2.41. The average Bonchev–Trinajstić information content (AvgIpc) is 3.23. The molecule has 2 aromatic rings. The van der Waals surface area contributed by atoms with Crippen molar-refractivity contribution in [3.8, 4) is 0 Å². The lowest BCUT2D eigenvalue weighted by molar-refractivity contribution is 0.434. The molecule has 0 unspecified atom stereocenters. The van der Waals surface area contributed by atoms with Crippen LogP contribution >= 0.6 is 12.2 Å². The summed E-state index contributed by atoms with van der Waals surface area (Å²) in [7, 11) is 0. The Balaban J connectivity index is 1.41. The number of halogens is 1. The number of hydrogen-bond donors (Lipinski definition) is 2. The number of aryl methyl sites for hydroxylation is 1. The highest BCUT2D eigenvalue weighted by atomic mass is 32.1. The predicted molar refractivity (Wildman–Crippen MR) is 124 cm³/mol. The first kappa shape index (κ1) is 21.0. The van der Waals surface area contributed by atoms with Crippen LogP contribution in [0.15, 0.2) is 30.3 Å². The van der Waals surface area contributed by atoms with Crippen molar-refractivity contribution < 1.29 is 4.39 Å². The SMILES string of the molecule is Cc1cc(N2CCCCC2)nc(NC(=S)NCC2(c3ccc(F)cc3)CCCC2)n1. The summed E-state index contributed by atoms with van der Waals surface area (Å²) in [6.07, 6.45) is 8.21. The van der Waals surface area contributed by atoms with Gasteiger partial charge in [-0.2, -0.15) is 4.98 Å². The van der Waals surface area contributed by atoms with Gasteiger partial charge in [-0.3, -0.25) is 0 Å². The van der Waals surface area contributed by atoms with Gasteiger partial charge in [0, 0.05) is 36.8 Å². The molecule has 1 aromatic heterocycles. The summed E-state index contributed by atoms with van der Waals surface area (Å²) < 4.78 is 13.4. The Morgan fingerprint density at radius 1 is 1.07 bits per heavy atom. The number of nitrogens with zero attached hydrogens (tertiary/aromatic N) is 3. The molecule has 1 aliphatic carbocycles. The molecule has 2 N–H and O–H groups in total. The first-order chi connectivity index (χ1) is 14.5. The highest BCUT2D eigenvalue weighted by Crippen LogP contribution is 2.40. The monoisotopic (exact) mass is 427 g/mol. The van der Waals surface area contributed by atoms with E-state index in [0.717, 1.165) is 44.0 Å². The highest BCUT2D eigenvalue weighted by Gasteiger charge is 2.35. The maximum Gasteiger partial charge on any atom is 0.231 e. The third kappa shape index (κ3) is 4.89. The van der Waals surface area contributed by atoms with Gasteiger partial charge in [0.2, 0.25) is 5.95 Å². The minimum absolute atomic E-state index is 0.00807. The molecule has 0 bridgehead atoms. The van der Waals surface area contributed by atoms with Crippen LogP contribution in [-0.4, -0.2) is 34.7 Å². The number of aromatic nitrogens is 2. The molecule has 2 heterocycles. The van der Waals surface area contributed by atoms with E-state index in [4.69, 9.17) is 17.2 Å². The lowest BCUT2D eigenvalue weighted by Gasteiger charge is -2.30. The summed E-state index contributed by atoms with van der Waals surface area (Å²) in [5.41, 5.74) is 2.09. The molecule has 4 rings (SSSR count). The molecule has 7 heteroatoms. The molecule has 30 heavy (non-hydrogen) atoms. The van der Waals surface area contributed by atoms with E-state index in [1.165, 1.54) is 37.7 Å². The maximum absolute atomic E-state index is 13.4. The van der Waals surface area contributed by atoms with Crippen LogP contribution in [0.1, 0.15) is 56.2 Å². The van der Waals surface area contributed by atoms with Crippen LogP contribution in [0.2, 0.25) is 0 Å². The molecule has 0 atom stereocenters. The predicted octanol–water partition coefficient (Wildman–Crippen LogP) is 4.71.